The van der Waals surface area contributed by atoms with Gasteiger partial charge >= 0.3 is 0 Å². The average Bonchev–Trinajstić information content (AvgIpc) is 2.89. The van der Waals surface area contributed by atoms with Gasteiger partial charge < -0.3 is 10.2 Å². The monoisotopic (exact) mass is 559 g/mol. The van der Waals surface area contributed by atoms with E-state index >= 15 is 0 Å². The number of carbonyl (C=O) groups excluding carboxylic acids is 1. The molecule has 0 spiro atoms. The Balaban J connectivity index is 1.51. The van der Waals surface area contributed by atoms with Crippen LogP contribution in [0.3, 0.4) is 0 Å². The SMILES string of the molecule is CC1CCCN(c2ccc(C(C)NC(=O)CN(c3ccc(Cl)c(Cl)c3)S(=O)(=O)c3ccccc3)cc2)C1. The molecule has 1 saturated heterocycles. The number of hydrogen-bond donors (Lipinski definition) is 1. The molecule has 6 nitrogen and oxygen atoms in total. The Labute approximate surface area is 229 Å². The summed E-state index contributed by atoms with van der Waals surface area (Å²) in [5.41, 5.74) is 2.36. The van der Waals surface area contributed by atoms with Crippen LogP contribution in [-0.2, 0) is 14.8 Å². The van der Waals surface area contributed by atoms with Gasteiger partial charge in [0.05, 0.1) is 26.7 Å². The number of piperidine rings is 1. The molecule has 1 amide bonds. The summed E-state index contributed by atoms with van der Waals surface area (Å²) >= 11 is 12.2. The molecule has 0 aromatic heterocycles. The summed E-state index contributed by atoms with van der Waals surface area (Å²) in [5.74, 6) is 0.240. The van der Waals surface area contributed by atoms with Crippen LogP contribution < -0.4 is 14.5 Å². The van der Waals surface area contributed by atoms with Crippen LogP contribution >= 0.6 is 23.2 Å². The first-order chi connectivity index (χ1) is 17.6. The van der Waals surface area contributed by atoms with Crippen molar-refractivity contribution in [3.05, 3.63) is 88.4 Å². The molecule has 2 atom stereocenters. The second-order valence-corrected chi connectivity index (χ2v) is 12.2. The molecule has 0 saturated carbocycles. The van der Waals surface area contributed by atoms with Gasteiger partial charge in [0.2, 0.25) is 5.91 Å². The maximum atomic E-state index is 13.5. The zero-order valence-electron chi connectivity index (χ0n) is 20.9. The number of nitrogens with one attached hydrogen (secondary N) is 1. The standard InChI is InChI=1S/C28H31Cl2N3O3S/c1-20-7-6-16-32(18-20)23-12-10-22(11-13-23)21(2)31-28(34)19-33(24-14-15-26(29)27(30)17-24)37(35,36)25-8-4-3-5-9-25/h3-5,8-15,17,20-21H,6-7,16,18-19H2,1-2H3,(H,31,34). The van der Waals surface area contributed by atoms with Gasteiger partial charge in [0.1, 0.15) is 6.54 Å². The van der Waals surface area contributed by atoms with Gasteiger partial charge in [-0.15, -0.1) is 0 Å². The topological polar surface area (TPSA) is 69.7 Å². The van der Waals surface area contributed by atoms with E-state index in [0.29, 0.717) is 10.9 Å². The molecule has 1 heterocycles. The van der Waals surface area contributed by atoms with Crippen molar-refractivity contribution in [2.45, 2.75) is 37.6 Å². The molecule has 4 rings (SSSR count). The minimum atomic E-state index is -4.04. The molecule has 1 N–H and O–H groups in total. The van der Waals surface area contributed by atoms with Crippen LogP contribution in [0.25, 0.3) is 0 Å². The Morgan fingerprint density at radius 1 is 1.05 bits per heavy atom. The Morgan fingerprint density at radius 2 is 1.76 bits per heavy atom. The molecular formula is C28H31Cl2N3O3S. The van der Waals surface area contributed by atoms with Gasteiger partial charge in [-0.1, -0.05) is 60.5 Å². The molecule has 1 fully saturated rings. The van der Waals surface area contributed by atoms with Gasteiger partial charge in [-0.3, -0.25) is 9.10 Å². The lowest BCUT2D eigenvalue weighted by molar-refractivity contribution is -0.120. The van der Waals surface area contributed by atoms with Crippen LogP contribution in [0.15, 0.2) is 77.7 Å². The quantitative estimate of drug-likeness (QED) is 0.351. The van der Waals surface area contributed by atoms with E-state index in [4.69, 9.17) is 23.2 Å². The molecule has 3 aromatic carbocycles. The van der Waals surface area contributed by atoms with Crippen molar-refractivity contribution in [2.75, 3.05) is 28.8 Å². The molecule has 37 heavy (non-hydrogen) atoms. The average molecular weight is 561 g/mol. The maximum Gasteiger partial charge on any atom is 0.264 e. The third-order valence-electron chi connectivity index (χ3n) is 6.60. The minimum absolute atomic E-state index is 0.0736. The molecule has 0 bridgehead atoms. The lowest BCUT2D eigenvalue weighted by Crippen LogP contribution is -2.41. The summed E-state index contributed by atoms with van der Waals surface area (Å²) in [7, 11) is -4.04. The highest BCUT2D eigenvalue weighted by Gasteiger charge is 2.28. The smallest absolute Gasteiger partial charge is 0.264 e. The molecule has 1 aliphatic rings. The number of carbonyl (C=O) groups is 1. The van der Waals surface area contributed by atoms with Gasteiger partial charge in [-0.2, -0.15) is 0 Å². The normalized spacial score (nSPS) is 16.8. The van der Waals surface area contributed by atoms with Crippen molar-refractivity contribution in [1.82, 2.24) is 5.32 Å². The van der Waals surface area contributed by atoms with Gasteiger partial charge in [0.25, 0.3) is 10.0 Å². The zero-order valence-corrected chi connectivity index (χ0v) is 23.2. The first-order valence-corrected chi connectivity index (χ1v) is 14.5. The number of nitrogens with zero attached hydrogens (tertiary/aromatic N) is 2. The molecule has 0 aliphatic carbocycles. The van der Waals surface area contributed by atoms with Crippen LogP contribution in [0.2, 0.25) is 10.0 Å². The lowest BCUT2D eigenvalue weighted by Gasteiger charge is -2.33. The Morgan fingerprint density at radius 3 is 2.41 bits per heavy atom. The summed E-state index contributed by atoms with van der Waals surface area (Å²) in [5, 5.41) is 3.43. The molecule has 196 valence electrons. The van der Waals surface area contributed by atoms with Gasteiger partial charge in [-0.05, 0) is 73.7 Å². The van der Waals surface area contributed by atoms with Crippen LogP contribution in [-0.4, -0.2) is 34.0 Å². The fourth-order valence-corrected chi connectivity index (χ4v) is 6.30. The fraction of sp³-hybridized carbons (Fsp3) is 0.321. The van der Waals surface area contributed by atoms with E-state index in [1.54, 1.807) is 18.2 Å². The second-order valence-electron chi connectivity index (χ2n) is 9.50. The summed E-state index contributed by atoms with van der Waals surface area (Å²) < 4.78 is 28.0. The van der Waals surface area contributed by atoms with Crippen LogP contribution in [0.4, 0.5) is 11.4 Å². The fourth-order valence-electron chi connectivity index (χ4n) is 4.57. The van der Waals surface area contributed by atoms with Crippen molar-refractivity contribution >= 4 is 50.5 Å². The summed E-state index contributed by atoms with van der Waals surface area (Å²) in [6.45, 7) is 5.84. The van der Waals surface area contributed by atoms with Crippen LogP contribution in [0.5, 0.6) is 0 Å². The summed E-state index contributed by atoms with van der Waals surface area (Å²) in [6.07, 6.45) is 2.45. The van der Waals surface area contributed by atoms with Crippen LogP contribution in [0, 0.1) is 5.92 Å². The predicted octanol–water partition coefficient (Wildman–Crippen LogP) is 6.30. The molecule has 3 aromatic rings. The molecule has 2 unspecified atom stereocenters. The minimum Gasteiger partial charge on any atom is -0.371 e. The summed E-state index contributed by atoms with van der Waals surface area (Å²) in [4.78, 5) is 15.6. The number of halogens is 2. The number of benzene rings is 3. The van der Waals surface area contributed by atoms with Crippen molar-refractivity contribution in [2.24, 2.45) is 5.92 Å². The highest BCUT2D eigenvalue weighted by molar-refractivity contribution is 7.92. The Hall–Kier alpha value is -2.74. The third-order valence-corrected chi connectivity index (χ3v) is 9.13. The molecular weight excluding hydrogens is 529 g/mol. The molecule has 1 aliphatic heterocycles. The number of sulfonamides is 1. The largest absolute Gasteiger partial charge is 0.371 e. The van der Waals surface area contributed by atoms with Gasteiger partial charge in [0.15, 0.2) is 0 Å². The van der Waals surface area contributed by atoms with Crippen molar-refractivity contribution in [3.63, 3.8) is 0 Å². The highest BCUT2D eigenvalue weighted by atomic mass is 35.5. The number of hydrogen-bond acceptors (Lipinski definition) is 4. The molecule has 9 heteroatoms. The number of rotatable bonds is 8. The van der Waals surface area contributed by atoms with Crippen molar-refractivity contribution in [3.8, 4) is 0 Å². The second kappa shape index (κ2) is 11.8. The first-order valence-electron chi connectivity index (χ1n) is 12.3. The van der Waals surface area contributed by atoms with Crippen molar-refractivity contribution < 1.29 is 13.2 Å². The number of amides is 1. The van der Waals surface area contributed by atoms with E-state index in [0.717, 1.165) is 23.0 Å². The van der Waals surface area contributed by atoms with E-state index in [-0.39, 0.29) is 21.6 Å². The van der Waals surface area contributed by atoms with E-state index in [9.17, 15) is 13.2 Å². The highest BCUT2D eigenvalue weighted by Crippen LogP contribution is 2.31. The van der Waals surface area contributed by atoms with Crippen molar-refractivity contribution in [1.29, 1.82) is 0 Å². The maximum absolute atomic E-state index is 13.5. The van der Waals surface area contributed by atoms with E-state index in [2.05, 4.69) is 29.3 Å². The number of anilines is 2. The molecule has 0 radical (unpaired) electrons. The van der Waals surface area contributed by atoms with E-state index in [1.165, 1.54) is 48.9 Å². The van der Waals surface area contributed by atoms with Crippen LogP contribution in [0.1, 0.15) is 38.3 Å². The van der Waals surface area contributed by atoms with Gasteiger partial charge in [0, 0.05) is 18.8 Å². The third kappa shape index (κ3) is 6.58. The van der Waals surface area contributed by atoms with Gasteiger partial charge in [-0.25, -0.2) is 8.42 Å². The lowest BCUT2D eigenvalue weighted by atomic mass is 9.99. The first kappa shape index (κ1) is 27.3. The van der Waals surface area contributed by atoms with E-state index in [1.807, 2.05) is 19.1 Å². The Kier molecular flexibility index (Phi) is 8.67. The Bertz CT molecular complexity index is 1330. The zero-order chi connectivity index (χ0) is 26.6. The predicted molar refractivity (Wildman–Crippen MR) is 151 cm³/mol. The van der Waals surface area contributed by atoms with E-state index < -0.39 is 22.5 Å². The summed E-state index contributed by atoms with van der Waals surface area (Å²) in [6, 6.07) is 20.3.